The van der Waals surface area contributed by atoms with Crippen LogP contribution in [0.2, 0.25) is 0 Å². The topological polar surface area (TPSA) is 89.2 Å². The lowest BCUT2D eigenvalue weighted by Crippen LogP contribution is -2.11. The van der Waals surface area contributed by atoms with Gasteiger partial charge in [0.05, 0.1) is 12.7 Å². The van der Waals surface area contributed by atoms with E-state index in [1.807, 2.05) is 0 Å². The normalized spacial score (nSPS) is 12.2. The molecule has 0 radical (unpaired) electrons. The highest BCUT2D eigenvalue weighted by atomic mass is 16.3. The third-order valence-electron chi connectivity index (χ3n) is 1.07. The smallest absolute Gasteiger partial charge is 0.0770 e. The van der Waals surface area contributed by atoms with Crippen LogP contribution >= 0.6 is 0 Å². The number of aliphatic hydroxyl groups excluding tert-OH is 2. The molecule has 0 spiro atoms. The molecule has 0 fully saturated rings. The highest BCUT2D eigenvalue weighted by Gasteiger charge is 1.98. The monoisotopic (exact) mass is 145 g/mol. The zero-order valence-corrected chi connectivity index (χ0v) is 5.64. The van der Waals surface area contributed by atoms with Crippen LogP contribution in [0.3, 0.4) is 0 Å². The van der Waals surface area contributed by atoms with Crippen LogP contribution in [0.25, 0.3) is 10.4 Å². The van der Waals surface area contributed by atoms with E-state index in [-0.39, 0.29) is 6.61 Å². The maximum atomic E-state index is 8.77. The minimum absolute atomic E-state index is 0.226. The van der Waals surface area contributed by atoms with Crippen molar-refractivity contribution in [2.24, 2.45) is 5.11 Å². The summed E-state index contributed by atoms with van der Waals surface area (Å²) in [7, 11) is 0. The minimum Gasteiger partial charge on any atom is -0.394 e. The number of hydrogen-bond acceptors (Lipinski definition) is 3. The summed E-state index contributed by atoms with van der Waals surface area (Å²) in [5.74, 6) is 0. The molecule has 2 N–H and O–H groups in total. The van der Waals surface area contributed by atoms with Gasteiger partial charge in [-0.25, -0.2) is 0 Å². The zero-order chi connectivity index (χ0) is 7.82. The first-order valence-electron chi connectivity index (χ1n) is 3.11. The second kappa shape index (κ2) is 6.35. The molecule has 0 bridgehead atoms. The van der Waals surface area contributed by atoms with Gasteiger partial charge < -0.3 is 10.2 Å². The van der Waals surface area contributed by atoms with E-state index in [1.165, 1.54) is 0 Å². The van der Waals surface area contributed by atoms with Gasteiger partial charge in [-0.3, -0.25) is 0 Å². The van der Waals surface area contributed by atoms with Crippen molar-refractivity contribution < 1.29 is 10.2 Å². The molecule has 0 aromatic heterocycles. The van der Waals surface area contributed by atoms with Gasteiger partial charge in [0.15, 0.2) is 0 Å². The molecular formula is C5H11N3O2. The Kier molecular flexibility index (Phi) is 5.86. The van der Waals surface area contributed by atoms with E-state index in [1.54, 1.807) is 0 Å². The second-order valence-electron chi connectivity index (χ2n) is 1.93. The first-order valence-corrected chi connectivity index (χ1v) is 3.11. The lowest BCUT2D eigenvalue weighted by atomic mass is 10.2. The lowest BCUT2D eigenvalue weighted by Gasteiger charge is -2.02. The molecule has 0 rings (SSSR count). The molecule has 58 valence electrons. The Morgan fingerprint density at radius 1 is 1.60 bits per heavy atom. The van der Waals surface area contributed by atoms with Crippen molar-refractivity contribution in [1.82, 2.24) is 0 Å². The minimum atomic E-state index is -0.672. The molecule has 0 aliphatic heterocycles. The van der Waals surface area contributed by atoms with Crippen LogP contribution in [-0.2, 0) is 0 Å². The summed E-state index contributed by atoms with van der Waals surface area (Å²) < 4.78 is 0. The van der Waals surface area contributed by atoms with Crippen LogP contribution in [0, 0.1) is 0 Å². The van der Waals surface area contributed by atoms with E-state index in [9.17, 15) is 0 Å². The molecule has 0 aliphatic carbocycles. The van der Waals surface area contributed by atoms with Crippen LogP contribution in [0.1, 0.15) is 12.8 Å². The number of hydrogen-bond donors (Lipinski definition) is 2. The highest BCUT2D eigenvalue weighted by Crippen LogP contribution is 1.95. The van der Waals surface area contributed by atoms with Crippen LogP contribution in [0.5, 0.6) is 0 Å². The fourth-order valence-corrected chi connectivity index (χ4v) is 0.534. The van der Waals surface area contributed by atoms with Gasteiger partial charge in [-0.15, -0.1) is 0 Å². The summed E-state index contributed by atoms with van der Waals surface area (Å²) in [6.07, 6.45) is 0.426. The lowest BCUT2D eigenvalue weighted by molar-refractivity contribution is 0.0872. The molecule has 5 heteroatoms. The van der Waals surface area contributed by atoms with E-state index >= 15 is 0 Å². The van der Waals surface area contributed by atoms with E-state index in [4.69, 9.17) is 15.7 Å². The first kappa shape index (κ1) is 9.23. The van der Waals surface area contributed by atoms with Crippen molar-refractivity contribution >= 4 is 0 Å². The number of nitrogens with zero attached hydrogens (tertiary/aromatic N) is 3. The Labute approximate surface area is 58.9 Å². The van der Waals surface area contributed by atoms with Gasteiger partial charge in [0, 0.05) is 11.5 Å². The van der Waals surface area contributed by atoms with Gasteiger partial charge in [-0.1, -0.05) is 5.11 Å². The summed E-state index contributed by atoms with van der Waals surface area (Å²) >= 11 is 0. The fraction of sp³-hybridized carbons (Fsp3) is 1.00. The summed E-state index contributed by atoms with van der Waals surface area (Å²) in [6.45, 7) is 0.157. The van der Waals surface area contributed by atoms with Gasteiger partial charge >= 0.3 is 0 Å². The molecule has 0 heterocycles. The number of aliphatic hydroxyl groups is 2. The molecule has 10 heavy (non-hydrogen) atoms. The average molecular weight is 145 g/mol. The summed E-state index contributed by atoms with van der Waals surface area (Å²) in [4.78, 5) is 2.54. The van der Waals surface area contributed by atoms with E-state index < -0.39 is 6.10 Å². The van der Waals surface area contributed by atoms with Crippen LogP contribution in [0.4, 0.5) is 0 Å². The zero-order valence-electron chi connectivity index (χ0n) is 5.64. The van der Waals surface area contributed by atoms with Crippen molar-refractivity contribution in [3.8, 4) is 0 Å². The molecule has 0 saturated heterocycles. The first-order chi connectivity index (χ1) is 4.81. The quantitative estimate of drug-likeness (QED) is 0.254. The predicted octanol–water partition coefficient (Wildman–Crippen LogP) is 0.430. The van der Waals surface area contributed by atoms with Crippen molar-refractivity contribution in [2.45, 2.75) is 18.9 Å². The SMILES string of the molecule is [N-]=[N+]=NCCCC(O)CO. The summed E-state index contributed by atoms with van der Waals surface area (Å²) in [6, 6.07) is 0. The third-order valence-corrected chi connectivity index (χ3v) is 1.07. The fourth-order valence-electron chi connectivity index (χ4n) is 0.534. The molecule has 0 aromatic carbocycles. The highest BCUT2D eigenvalue weighted by molar-refractivity contribution is 4.54. The van der Waals surface area contributed by atoms with E-state index in [2.05, 4.69) is 10.0 Å². The molecule has 1 unspecified atom stereocenters. The Bertz CT molecular complexity index is 122. The van der Waals surface area contributed by atoms with Crippen molar-refractivity contribution in [2.75, 3.05) is 13.2 Å². The molecule has 0 aliphatic rings. The van der Waals surface area contributed by atoms with Crippen LogP contribution < -0.4 is 0 Å². The third kappa shape index (κ3) is 5.37. The van der Waals surface area contributed by atoms with Crippen LogP contribution in [-0.4, -0.2) is 29.5 Å². The van der Waals surface area contributed by atoms with Gasteiger partial charge in [-0.05, 0) is 18.4 Å². The van der Waals surface area contributed by atoms with E-state index in [0.717, 1.165) is 0 Å². The van der Waals surface area contributed by atoms with Crippen LogP contribution in [0.15, 0.2) is 5.11 Å². The van der Waals surface area contributed by atoms with Gasteiger partial charge in [0.1, 0.15) is 0 Å². The molecule has 5 nitrogen and oxygen atoms in total. The van der Waals surface area contributed by atoms with Gasteiger partial charge in [0.2, 0.25) is 0 Å². The Hall–Kier alpha value is -0.770. The molecule has 0 amide bonds. The average Bonchev–Trinajstić information content (AvgIpc) is 1.98. The summed E-state index contributed by atoms with van der Waals surface area (Å²) in [5.41, 5.74) is 7.84. The molecular weight excluding hydrogens is 134 g/mol. The molecule has 0 saturated carbocycles. The number of azide groups is 1. The Morgan fingerprint density at radius 3 is 2.80 bits per heavy atom. The van der Waals surface area contributed by atoms with Crippen molar-refractivity contribution in [3.05, 3.63) is 10.4 Å². The van der Waals surface area contributed by atoms with Crippen molar-refractivity contribution in [3.63, 3.8) is 0 Å². The van der Waals surface area contributed by atoms with Gasteiger partial charge in [-0.2, -0.15) is 0 Å². The van der Waals surface area contributed by atoms with Gasteiger partial charge in [0.25, 0.3) is 0 Å². The standard InChI is InChI=1S/C5H11N3O2/c6-8-7-3-1-2-5(10)4-9/h5,9-10H,1-4H2. The van der Waals surface area contributed by atoms with E-state index in [0.29, 0.717) is 19.4 Å². The Morgan fingerprint density at radius 2 is 2.30 bits per heavy atom. The summed E-state index contributed by atoms with van der Waals surface area (Å²) in [5, 5.41) is 20.4. The molecule has 1 atom stereocenters. The molecule has 0 aromatic rings. The predicted molar refractivity (Wildman–Crippen MR) is 36.3 cm³/mol. The Balaban J connectivity index is 3.10. The second-order valence-corrected chi connectivity index (χ2v) is 1.93. The number of rotatable bonds is 5. The largest absolute Gasteiger partial charge is 0.394 e. The maximum Gasteiger partial charge on any atom is 0.0770 e. The maximum absolute atomic E-state index is 8.77. The van der Waals surface area contributed by atoms with Crippen molar-refractivity contribution in [1.29, 1.82) is 0 Å².